The molecule has 0 amide bonds. The summed E-state index contributed by atoms with van der Waals surface area (Å²) in [6, 6.07) is 9.46. The van der Waals surface area contributed by atoms with Crippen LogP contribution in [0, 0.1) is 34.5 Å². The number of benzene rings is 1. The van der Waals surface area contributed by atoms with Crippen molar-refractivity contribution in [2.45, 2.75) is 97.3 Å². The van der Waals surface area contributed by atoms with Gasteiger partial charge in [-0.15, -0.1) is 5.92 Å². The average molecular weight is 525 g/mol. The molecule has 1 aliphatic heterocycles. The summed E-state index contributed by atoms with van der Waals surface area (Å²) in [5, 5.41) is 13.1. The van der Waals surface area contributed by atoms with Crippen molar-refractivity contribution >= 4 is 17.2 Å². The van der Waals surface area contributed by atoms with E-state index in [-0.39, 0.29) is 5.41 Å². The second-order valence-electron chi connectivity index (χ2n) is 12.9. The number of allylic oxidation sites excluding steroid dienone is 4. The zero-order valence-electron chi connectivity index (χ0n) is 24.1. The number of anilines is 1. The zero-order chi connectivity index (χ0) is 27.2. The van der Waals surface area contributed by atoms with E-state index >= 15 is 0 Å². The smallest absolute Gasteiger partial charge is 0.151 e. The van der Waals surface area contributed by atoms with Crippen LogP contribution in [0.2, 0.25) is 0 Å². The van der Waals surface area contributed by atoms with Gasteiger partial charge in [0.2, 0.25) is 0 Å². The molecule has 6 rings (SSSR count). The van der Waals surface area contributed by atoms with Crippen molar-refractivity contribution in [1.29, 1.82) is 0 Å². The van der Waals surface area contributed by atoms with Crippen LogP contribution in [-0.4, -0.2) is 29.8 Å². The van der Waals surface area contributed by atoms with E-state index in [1.807, 2.05) is 13.8 Å². The minimum Gasteiger partial charge on any atom is -0.411 e. The van der Waals surface area contributed by atoms with E-state index in [1.54, 1.807) is 5.57 Å². The van der Waals surface area contributed by atoms with Gasteiger partial charge < -0.3 is 10.1 Å². The highest BCUT2D eigenvalue weighted by atomic mass is 16.4. The summed E-state index contributed by atoms with van der Waals surface area (Å²) in [4.78, 5) is 16.3. The van der Waals surface area contributed by atoms with Crippen LogP contribution in [0.15, 0.2) is 52.2 Å². The van der Waals surface area contributed by atoms with Gasteiger partial charge in [-0.1, -0.05) is 42.6 Å². The minimum atomic E-state index is -0.539. The van der Waals surface area contributed by atoms with Gasteiger partial charge in [0.25, 0.3) is 0 Å². The van der Waals surface area contributed by atoms with Crippen molar-refractivity contribution in [3.05, 3.63) is 52.6 Å². The van der Waals surface area contributed by atoms with Gasteiger partial charge >= 0.3 is 0 Å². The monoisotopic (exact) mass is 524 g/mol. The van der Waals surface area contributed by atoms with Gasteiger partial charge in [0.1, 0.15) is 0 Å². The Morgan fingerprint density at radius 2 is 1.87 bits per heavy atom. The van der Waals surface area contributed by atoms with Crippen LogP contribution in [0.4, 0.5) is 5.69 Å². The summed E-state index contributed by atoms with van der Waals surface area (Å²) in [6.45, 7) is 8.65. The van der Waals surface area contributed by atoms with Gasteiger partial charge in [0, 0.05) is 31.1 Å². The van der Waals surface area contributed by atoms with Gasteiger partial charge in [-0.05, 0) is 123 Å². The number of ketones is 1. The number of piperidine rings is 1. The molecular weight excluding hydrogens is 480 g/mol. The van der Waals surface area contributed by atoms with E-state index in [1.165, 1.54) is 41.7 Å². The van der Waals surface area contributed by atoms with Crippen LogP contribution in [-0.2, 0) is 4.79 Å². The number of hydrogen-bond acceptors (Lipinski definition) is 4. The Labute approximate surface area is 234 Å². The molecule has 4 nitrogen and oxygen atoms in total. The highest BCUT2D eigenvalue weighted by molar-refractivity contribution is 5.97. The first kappa shape index (κ1) is 26.4. The molecular formula is C35H44N2O2. The molecule has 4 aliphatic carbocycles. The van der Waals surface area contributed by atoms with Crippen LogP contribution < -0.4 is 4.90 Å². The van der Waals surface area contributed by atoms with Crippen LogP contribution in [0.25, 0.3) is 0 Å². The number of hydrogen-bond donors (Lipinski definition) is 1. The largest absolute Gasteiger partial charge is 0.411 e. The maximum atomic E-state index is 13.7. The molecule has 2 saturated carbocycles. The molecule has 3 fully saturated rings. The van der Waals surface area contributed by atoms with Gasteiger partial charge in [0.05, 0.1) is 11.1 Å². The quantitative estimate of drug-likeness (QED) is 0.248. The Balaban J connectivity index is 1.47. The van der Waals surface area contributed by atoms with Crippen molar-refractivity contribution < 1.29 is 10.0 Å². The first-order valence-electron chi connectivity index (χ1n) is 15.4. The van der Waals surface area contributed by atoms with E-state index in [9.17, 15) is 10.0 Å². The Kier molecular flexibility index (Phi) is 6.98. The first-order valence-corrected chi connectivity index (χ1v) is 15.4. The Morgan fingerprint density at radius 3 is 2.56 bits per heavy atom. The summed E-state index contributed by atoms with van der Waals surface area (Å²) in [5.74, 6) is 8.38. The van der Waals surface area contributed by atoms with Crippen molar-refractivity contribution in [2.75, 3.05) is 18.0 Å². The van der Waals surface area contributed by atoms with Gasteiger partial charge in [-0.3, -0.25) is 4.79 Å². The average Bonchev–Trinajstić information content (AvgIpc) is 3.29. The maximum absolute atomic E-state index is 13.7. The van der Waals surface area contributed by atoms with Crippen LogP contribution >= 0.6 is 0 Å². The molecule has 206 valence electrons. The summed E-state index contributed by atoms with van der Waals surface area (Å²) < 4.78 is 0. The van der Waals surface area contributed by atoms with E-state index < -0.39 is 5.41 Å². The fourth-order valence-corrected chi connectivity index (χ4v) is 9.40. The van der Waals surface area contributed by atoms with Crippen LogP contribution in [0.1, 0.15) is 103 Å². The Bertz CT molecular complexity index is 1290. The fourth-order valence-electron chi connectivity index (χ4n) is 9.40. The lowest BCUT2D eigenvalue weighted by Gasteiger charge is -2.54. The molecule has 4 heteroatoms. The summed E-state index contributed by atoms with van der Waals surface area (Å²) in [5.41, 5.74) is 7.38. The third-order valence-corrected chi connectivity index (χ3v) is 11.2. The lowest BCUT2D eigenvalue weighted by Crippen LogP contribution is -2.50. The second-order valence-corrected chi connectivity index (χ2v) is 12.9. The predicted molar refractivity (Wildman–Crippen MR) is 158 cm³/mol. The molecule has 1 aromatic rings. The van der Waals surface area contributed by atoms with Crippen LogP contribution in [0.5, 0.6) is 0 Å². The molecule has 0 unspecified atom stereocenters. The van der Waals surface area contributed by atoms with E-state index in [4.69, 9.17) is 0 Å². The number of oxime groups is 1. The second kappa shape index (κ2) is 10.3. The SMILES string of the molecule is CC#C[C@]1(C(=O)CC)CC[C@H]2[C@@H]3CCC4=C/C(=N/O)CCC4=C3[C@@H](c3ccc(N4CCCCC4)cc3)C[C@@]21C. The highest BCUT2D eigenvalue weighted by Crippen LogP contribution is 2.69. The highest BCUT2D eigenvalue weighted by Gasteiger charge is 2.65. The summed E-state index contributed by atoms with van der Waals surface area (Å²) in [7, 11) is 0. The molecule has 0 spiro atoms. The van der Waals surface area contributed by atoms with Gasteiger partial charge in [0.15, 0.2) is 5.78 Å². The molecule has 1 heterocycles. The van der Waals surface area contributed by atoms with Gasteiger partial charge in [-0.2, -0.15) is 0 Å². The molecule has 5 atom stereocenters. The third-order valence-electron chi connectivity index (χ3n) is 11.2. The number of fused-ring (bicyclic) bond motifs is 4. The summed E-state index contributed by atoms with van der Waals surface area (Å²) in [6.07, 6.45) is 13.5. The lowest BCUT2D eigenvalue weighted by atomic mass is 9.48. The molecule has 1 aromatic carbocycles. The number of carbonyl (C=O) groups is 1. The number of carbonyl (C=O) groups excluding carboxylic acids is 1. The maximum Gasteiger partial charge on any atom is 0.151 e. The molecule has 1 N–H and O–H groups in total. The number of Topliss-reactive ketones (excluding diaryl/α,β-unsaturated/α-hetero) is 1. The fraction of sp³-hybridized carbons (Fsp3) is 0.600. The zero-order valence-corrected chi connectivity index (χ0v) is 24.1. The molecule has 5 aliphatic rings. The van der Waals surface area contributed by atoms with E-state index in [0.717, 1.165) is 63.7 Å². The number of nitrogens with zero attached hydrogens (tertiary/aromatic N) is 2. The Hall–Kier alpha value is -2.80. The first-order chi connectivity index (χ1) is 19.0. The molecule has 0 aromatic heterocycles. The van der Waals surface area contributed by atoms with Gasteiger partial charge in [-0.25, -0.2) is 0 Å². The predicted octanol–water partition coefficient (Wildman–Crippen LogP) is 7.83. The molecule has 39 heavy (non-hydrogen) atoms. The third kappa shape index (κ3) is 4.11. The normalized spacial score (nSPS) is 34.9. The standard InChI is InChI=1S/C35H44N2O2/c1-4-18-35(32(38)5-2)19-17-31-29-15-11-25-22-26(36-39)12-16-28(25)33(29)30(23-34(31,35)3)24-9-13-27(14-10-24)37-20-7-6-8-21-37/h9-10,13-14,22,29-31,39H,5-8,11-12,15-17,19-21,23H2,1-3H3/b36-26+/t29-,30+,31-,34-,35+/m0/s1. The lowest BCUT2D eigenvalue weighted by molar-refractivity contribution is -0.132. The topological polar surface area (TPSA) is 52.9 Å². The van der Waals surface area contributed by atoms with Crippen molar-refractivity contribution in [3.63, 3.8) is 0 Å². The number of rotatable bonds is 4. The Morgan fingerprint density at radius 1 is 1.10 bits per heavy atom. The van der Waals surface area contributed by atoms with Crippen molar-refractivity contribution in [2.24, 2.45) is 27.8 Å². The van der Waals surface area contributed by atoms with E-state index in [0.29, 0.717) is 30.0 Å². The van der Waals surface area contributed by atoms with Crippen LogP contribution in [0.3, 0.4) is 0 Å². The minimum absolute atomic E-state index is 0.137. The molecule has 0 bridgehead atoms. The molecule has 1 saturated heterocycles. The van der Waals surface area contributed by atoms with Crippen molar-refractivity contribution in [3.8, 4) is 11.8 Å². The molecule has 0 radical (unpaired) electrons. The van der Waals surface area contributed by atoms with E-state index in [2.05, 4.69) is 59.2 Å². The summed E-state index contributed by atoms with van der Waals surface area (Å²) >= 11 is 0. The van der Waals surface area contributed by atoms with Crippen molar-refractivity contribution in [1.82, 2.24) is 0 Å².